The van der Waals surface area contributed by atoms with Crippen LogP contribution in [-0.4, -0.2) is 23.0 Å². The van der Waals surface area contributed by atoms with Crippen molar-refractivity contribution in [2.45, 2.75) is 12.6 Å². The molecule has 1 saturated heterocycles. The summed E-state index contributed by atoms with van der Waals surface area (Å²) >= 11 is 5.14. The number of anilines is 1. The molecule has 0 radical (unpaired) electrons. The smallest absolute Gasteiger partial charge is 0.175 e. The molecule has 0 amide bonds. The van der Waals surface area contributed by atoms with Gasteiger partial charge in [-0.1, -0.05) is 18.2 Å². The van der Waals surface area contributed by atoms with Gasteiger partial charge in [0.2, 0.25) is 0 Å². The van der Waals surface area contributed by atoms with E-state index in [1.54, 1.807) is 4.90 Å². The molecule has 0 saturated carbocycles. The standard InChI is InChI=1S/C10H12N2OS/c13-9-6-7-11-10(14)12(9)8-4-2-1-3-5-8/h1-5,9,13H,6-7H2,(H,11,14)/t9-/m1/s1. The number of nitrogens with zero attached hydrogens (tertiary/aromatic N) is 1. The number of hydrogen-bond acceptors (Lipinski definition) is 2. The molecule has 1 aliphatic heterocycles. The highest BCUT2D eigenvalue weighted by atomic mass is 32.1. The maximum atomic E-state index is 9.79. The highest BCUT2D eigenvalue weighted by molar-refractivity contribution is 7.80. The van der Waals surface area contributed by atoms with Gasteiger partial charge in [-0.15, -0.1) is 0 Å². The molecule has 1 aromatic rings. The Kier molecular flexibility index (Phi) is 2.65. The van der Waals surface area contributed by atoms with Gasteiger partial charge in [0.05, 0.1) is 0 Å². The van der Waals surface area contributed by atoms with Crippen LogP contribution < -0.4 is 10.2 Å². The lowest BCUT2D eigenvalue weighted by Gasteiger charge is -2.34. The van der Waals surface area contributed by atoms with E-state index >= 15 is 0 Å². The molecule has 0 bridgehead atoms. The lowest BCUT2D eigenvalue weighted by molar-refractivity contribution is 0.167. The fourth-order valence-corrected chi connectivity index (χ4v) is 1.86. The topological polar surface area (TPSA) is 35.5 Å². The minimum atomic E-state index is -0.508. The van der Waals surface area contributed by atoms with E-state index in [1.807, 2.05) is 30.3 Å². The molecule has 0 unspecified atom stereocenters. The van der Waals surface area contributed by atoms with E-state index in [0.29, 0.717) is 11.5 Å². The zero-order valence-electron chi connectivity index (χ0n) is 7.68. The van der Waals surface area contributed by atoms with Gasteiger partial charge in [-0.3, -0.25) is 4.90 Å². The molecule has 2 N–H and O–H groups in total. The van der Waals surface area contributed by atoms with E-state index in [9.17, 15) is 5.11 Å². The highest BCUT2D eigenvalue weighted by Crippen LogP contribution is 2.19. The van der Waals surface area contributed by atoms with Crippen molar-refractivity contribution in [1.82, 2.24) is 5.32 Å². The summed E-state index contributed by atoms with van der Waals surface area (Å²) in [5.74, 6) is 0. The molecule has 3 nitrogen and oxygen atoms in total. The monoisotopic (exact) mass is 208 g/mol. The third kappa shape index (κ3) is 1.71. The minimum absolute atomic E-state index is 0.508. The quantitative estimate of drug-likeness (QED) is 0.677. The zero-order chi connectivity index (χ0) is 9.97. The van der Waals surface area contributed by atoms with E-state index in [0.717, 1.165) is 12.2 Å². The maximum absolute atomic E-state index is 9.79. The SMILES string of the molecule is O[C@@H]1CCNC(=S)N1c1ccccc1. The van der Waals surface area contributed by atoms with Crippen LogP contribution in [0.2, 0.25) is 0 Å². The molecule has 2 rings (SSSR count). The third-order valence-corrected chi connectivity index (χ3v) is 2.57. The van der Waals surface area contributed by atoms with Crippen LogP contribution in [0.1, 0.15) is 6.42 Å². The van der Waals surface area contributed by atoms with Crippen molar-refractivity contribution in [2.75, 3.05) is 11.4 Å². The largest absolute Gasteiger partial charge is 0.373 e. The number of benzene rings is 1. The first-order valence-electron chi connectivity index (χ1n) is 4.59. The predicted octanol–water partition coefficient (Wildman–Crippen LogP) is 1.09. The second kappa shape index (κ2) is 3.94. The van der Waals surface area contributed by atoms with Crippen molar-refractivity contribution < 1.29 is 5.11 Å². The Labute approximate surface area is 88.3 Å². The highest BCUT2D eigenvalue weighted by Gasteiger charge is 2.23. The number of aliphatic hydroxyl groups excluding tert-OH is 1. The number of thiocarbonyl (C=S) groups is 1. The van der Waals surface area contributed by atoms with Gasteiger partial charge < -0.3 is 10.4 Å². The first-order chi connectivity index (χ1) is 6.79. The van der Waals surface area contributed by atoms with E-state index in [1.165, 1.54) is 0 Å². The Hall–Kier alpha value is -1.13. The van der Waals surface area contributed by atoms with Gasteiger partial charge in [0.25, 0.3) is 0 Å². The summed E-state index contributed by atoms with van der Waals surface area (Å²) in [5, 5.41) is 13.4. The van der Waals surface area contributed by atoms with Crippen molar-refractivity contribution in [3.8, 4) is 0 Å². The van der Waals surface area contributed by atoms with Crippen LogP contribution in [0.5, 0.6) is 0 Å². The number of rotatable bonds is 1. The van der Waals surface area contributed by atoms with Gasteiger partial charge in [-0.25, -0.2) is 0 Å². The average Bonchev–Trinajstić information content (AvgIpc) is 2.19. The van der Waals surface area contributed by atoms with Crippen LogP contribution in [0.3, 0.4) is 0 Å². The molecular weight excluding hydrogens is 196 g/mol. The van der Waals surface area contributed by atoms with Crippen LogP contribution in [-0.2, 0) is 0 Å². The van der Waals surface area contributed by atoms with Crippen LogP contribution in [0.25, 0.3) is 0 Å². The van der Waals surface area contributed by atoms with E-state index in [-0.39, 0.29) is 0 Å². The third-order valence-electron chi connectivity index (χ3n) is 2.23. The molecule has 1 heterocycles. The Morgan fingerprint density at radius 3 is 2.71 bits per heavy atom. The number of hydrogen-bond donors (Lipinski definition) is 2. The molecule has 1 aliphatic rings. The Balaban J connectivity index is 2.27. The summed E-state index contributed by atoms with van der Waals surface area (Å²) in [7, 11) is 0. The van der Waals surface area contributed by atoms with E-state index in [2.05, 4.69) is 5.32 Å². The molecular formula is C10H12N2OS. The van der Waals surface area contributed by atoms with Crippen LogP contribution in [0, 0.1) is 0 Å². The first-order valence-corrected chi connectivity index (χ1v) is 5.00. The van der Waals surface area contributed by atoms with Crippen LogP contribution in [0.4, 0.5) is 5.69 Å². The van der Waals surface area contributed by atoms with Crippen molar-refractivity contribution in [3.63, 3.8) is 0 Å². The molecule has 74 valence electrons. The van der Waals surface area contributed by atoms with Gasteiger partial charge in [0, 0.05) is 18.7 Å². The summed E-state index contributed by atoms with van der Waals surface area (Å²) in [6.07, 6.45) is 0.181. The molecule has 0 aliphatic carbocycles. The van der Waals surface area contributed by atoms with Gasteiger partial charge in [0.15, 0.2) is 5.11 Å². The van der Waals surface area contributed by atoms with E-state index < -0.39 is 6.23 Å². The van der Waals surface area contributed by atoms with Crippen LogP contribution in [0.15, 0.2) is 30.3 Å². The molecule has 0 aromatic heterocycles. The maximum Gasteiger partial charge on any atom is 0.175 e. The lowest BCUT2D eigenvalue weighted by Crippen LogP contribution is -2.52. The van der Waals surface area contributed by atoms with Gasteiger partial charge in [-0.05, 0) is 24.4 Å². The minimum Gasteiger partial charge on any atom is -0.373 e. The van der Waals surface area contributed by atoms with Crippen molar-refractivity contribution >= 4 is 23.0 Å². The number of aliphatic hydroxyl groups is 1. The molecule has 0 spiro atoms. The average molecular weight is 208 g/mol. The van der Waals surface area contributed by atoms with Crippen molar-refractivity contribution in [1.29, 1.82) is 0 Å². The van der Waals surface area contributed by atoms with Gasteiger partial charge in [0.1, 0.15) is 6.23 Å². The summed E-state index contributed by atoms with van der Waals surface area (Å²) in [4.78, 5) is 1.73. The summed E-state index contributed by atoms with van der Waals surface area (Å²) < 4.78 is 0. The number of para-hydroxylation sites is 1. The van der Waals surface area contributed by atoms with Crippen molar-refractivity contribution in [3.05, 3.63) is 30.3 Å². The fourth-order valence-electron chi connectivity index (χ4n) is 1.54. The summed E-state index contributed by atoms with van der Waals surface area (Å²) in [6.45, 7) is 0.739. The molecule has 4 heteroatoms. The molecule has 1 fully saturated rings. The summed E-state index contributed by atoms with van der Waals surface area (Å²) in [6, 6.07) is 9.67. The fraction of sp³-hybridized carbons (Fsp3) is 0.300. The van der Waals surface area contributed by atoms with Gasteiger partial charge in [-0.2, -0.15) is 0 Å². The Morgan fingerprint density at radius 1 is 1.36 bits per heavy atom. The normalized spacial score (nSPS) is 21.9. The van der Waals surface area contributed by atoms with Crippen LogP contribution >= 0.6 is 12.2 Å². The molecule has 1 aromatic carbocycles. The second-order valence-corrected chi connectivity index (χ2v) is 3.59. The van der Waals surface area contributed by atoms with Crippen molar-refractivity contribution in [2.24, 2.45) is 0 Å². The zero-order valence-corrected chi connectivity index (χ0v) is 8.50. The Bertz CT molecular complexity index is 328. The lowest BCUT2D eigenvalue weighted by atomic mass is 10.2. The molecule has 1 atom stereocenters. The second-order valence-electron chi connectivity index (χ2n) is 3.21. The first kappa shape index (κ1) is 9.43. The molecule has 14 heavy (non-hydrogen) atoms. The Morgan fingerprint density at radius 2 is 2.07 bits per heavy atom. The number of nitrogens with one attached hydrogen (secondary N) is 1. The predicted molar refractivity (Wildman–Crippen MR) is 60.1 cm³/mol. The van der Waals surface area contributed by atoms with E-state index in [4.69, 9.17) is 12.2 Å². The summed E-state index contributed by atoms with van der Waals surface area (Å²) in [5.41, 5.74) is 0.928. The van der Waals surface area contributed by atoms with Gasteiger partial charge >= 0.3 is 0 Å².